The third-order valence-electron chi connectivity index (χ3n) is 6.61. The number of hydrogen-bond acceptors (Lipinski definition) is 5. The molecule has 1 aliphatic heterocycles. The van der Waals surface area contributed by atoms with Gasteiger partial charge in [0, 0.05) is 51.9 Å². The first-order chi connectivity index (χ1) is 17.2. The summed E-state index contributed by atoms with van der Waals surface area (Å²) >= 11 is 0. The molecule has 1 N–H and O–H groups in total. The van der Waals surface area contributed by atoms with E-state index in [0.717, 1.165) is 12.0 Å². The molecule has 7 nitrogen and oxygen atoms in total. The first kappa shape index (κ1) is 27.6. The van der Waals surface area contributed by atoms with Gasteiger partial charge in [0.05, 0.1) is 11.7 Å². The maximum Gasteiger partial charge on any atom is 0.257 e. The van der Waals surface area contributed by atoms with Gasteiger partial charge in [-0.05, 0) is 55.2 Å². The van der Waals surface area contributed by atoms with E-state index in [1.807, 2.05) is 13.0 Å². The van der Waals surface area contributed by atoms with Gasteiger partial charge >= 0.3 is 0 Å². The zero-order chi connectivity index (χ0) is 26.2. The number of carbonyl (C=O) groups is 2. The number of benzene rings is 2. The van der Waals surface area contributed by atoms with Crippen molar-refractivity contribution in [3.63, 3.8) is 0 Å². The molecule has 2 aromatic carbocycles. The highest BCUT2D eigenvalue weighted by atomic mass is 19.1. The minimum absolute atomic E-state index is 0.0164. The van der Waals surface area contributed by atoms with Crippen molar-refractivity contribution >= 4 is 17.5 Å². The van der Waals surface area contributed by atoms with E-state index in [2.05, 4.69) is 24.1 Å². The van der Waals surface area contributed by atoms with Crippen LogP contribution in [0.15, 0.2) is 42.5 Å². The number of methoxy groups -OCH3 is 1. The molecule has 0 unspecified atom stereocenters. The molecular weight excluding hydrogens is 461 g/mol. The number of anilines is 1. The van der Waals surface area contributed by atoms with Gasteiger partial charge in [0.25, 0.3) is 5.91 Å². The number of nitrogens with one attached hydrogen (secondary N) is 1. The fraction of sp³-hybridized carbons (Fsp3) is 0.500. The predicted octanol–water partition coefficient (Wildman–Crippen LogP) is 4.57. The fourth-order valence-electron chi connectivity index (χ4n) is 4.47. The number of halogens is 1. The van der Waals surface area contributed by atoms with E-state index in [-0.39, 0.29) is 35.7 Å². The molecule has 2 aromatic rings. The average Bonchev–Trinajstić information content (AvgIpc) is 2.84. The van der Waals surface area contributed by atoms with E-state index in [1.54, 1.807) is 49.4 Å². The molecule has 3 atom stereocenters. The first-order valence-corrected chi connectivity index (χ1v) is 12.5. The van der Waals surface area contributed by atoms with E-state index in [0.29, 0.717) is 49.7 Å². The third kappa shape index (κ3) is 7.27. The van der Waals surface area contributed by atoms with E-state index >= 15 is 0 Å². The Labute approximate surface area is 213 Å². The Morgan fingerprint density at radius 2 is 1.97 bits per heavy atom. The van der Waals surface area contributed by atoms with Crippen molar-refractivity contribution in [2.45, 2.75) is 52.3 Å². The van der Waals surface area contributed by atoms with Crippen LogP contribution in [-0.2, 0) is 16.1 Å². The lowest BCUT2D eigenvalue weighted by molar-refractivity contribution is -0.116. The Bertz CT molecular complexity index is 1050. The van der Waals surface area contributed by atoms with Crippen molar-refractivity contribution in [3.8, 4) is 5.75 Å². The molecule has 196 valence electrons. The van der Waals surface area contributed by atoms with Crippen molar-refractivity contribution in [3.05, 3.63) is 59.4 Å². The molecule has 0 radical (unpaired) electrons. The van der Waals surface area contributed by atoms with Gasteiger partial charge in [-0.2, -0.15) is 0 Å². The van der Waals surface area contributed by atoms with Crippen LogP contribution in [0.3, 0.4) is 0 Å². The van der Waals surface area contributed by atoms with Crippen LogP contribution in [0.4, 0.5) is 10.1 Å². The van der Waals surface area contributed by atoms with Gasteiger partial charge < -0.3 is 19.7 Å². The van der Waals surface area contributed by atoms with E-state index in [4.69, 9.17) is 9.47 Å². The summed E-state index contributed by atoms with van der Waals surface area (Å²) in [5.74, 6) is 0.00247. The Morgan fingerprint density at radius 3 is 2.67 bits per heavy atom. The van der Waals surface area contributed by atoms with Crippen molar-refractivity contribution < 1.29 is 23.5 Å². The Morgan fingerprint density at radius 1 is 1.19 bits per heavy atom. The summed E-state index contributed by atoms with van der Waals surface area (Å²) in [5, 5.41) is 2.86. The van der Waals surface area contributed by atoms with E-state index in [1.165, 1.54) is 6.07 Å². The summed E-state index contributed by atoms with van der Waals surface area (Å²) in [6.45, 7) is 8.09. The molecule has 1 heterocycles. The summed E-state index contributed by atoms with van der Waals surface area (Å²) in [5.41, 5.74) is 1.83. The van der Waals surface area contributed by atoms with Gasteiger partial charge in [0.1, 0.15) is 18.2 Å². The number of nitrogens with zero attached hydrogens (tertiary/aromatic N) is 2. The molecular formula is C28H38FN3O4. The highest BCUT2D eigenvalue weighted by Gasteiger charge is 2.28. The number of carbonyl (C=O) groups excluding carboxylic acids is 2. The Balaban J connectivity index is 1.92. The molecule has 0 saturated carbocycles. The summed E-state index contributed by atoms with van der Waals surface area (Å²) < 4.78 is 25.8. The molecule has 0 spiro atoms. The molecule has 0 saturated heterocycles. The molecule has 2 amide bonds. The summed E-state index contributed by atoms with van der Waals surface area (Å²) in [6.07, 6.45) is 0.952. The van der Waals surface area contributed by atoms with Gasteiger partial charge in [-0.15, -0.1) is 0 Å². The van der Waals surface area contributed by atoms with Crippen LogP contribution in [-0.4, -0.2) is 67.6 Å². The molecule has 0 bridgehead atoms. The van der Waals surface area contributed by atoms with Gasteiger partial charge in [-0.25, -0.2) is 4.39 Å². The van der Waals surface area contributed by atoms with Gasteiger partial charge in [-0.3, -0.25) is 14.5 Å². The minimum Gasteiger partial charge on any atom is -0.491 e. The van der Waals surface area contributed by atoms with E-state index in [9.17, 15) is 14.0 Å². The number of hydrogen-bond donors (Lipinski definition) is 1. The number of ether oxygens (including phenoxy) is 2. The normalized spacial score (nSPS) is 21.7. The van der Waals surface area contributed by atoms with Crippen molar-refractivity contribution in [2.24, 2.45) is 5.92 Å². The second-order valence-corrected chi connectivity index (χ2v) is 9.67. The Kier molecular flexibility index (Phi) is 9.84. The van der Waals surface area contributed by atoms with Crippen LogP contribution in [0.2, 0.25) is 0 Å². The number of rotatable bonds is 6. The van der Waals surface area contributed by atoms with Crippen LogP contribution >= 0.6 is 0 Å². The van der Waals surface area contributed by atoms with Crippen LogP contribution in [0.5, 0.6) is 5.75 Å². The average molecular weight is 500 g/mol. The Hall–Kier alpha value is -2.97. The van der Waals surface area contributed by atoms with Gasteiger partial charge in [0.15, 0.2) is 0 Å². The predicted molar refractivity (Wildman–Crippen MR) is 139 cm³/mol. The first-order valence-electron chi connectivity index (χ1n) is 12.5. The number of likely N-dealkylation sites (N-methyl/N-ethyl adjacent to an activating group) is 1. The molecule has 36 heavy (non-hydrogen) atoms. The monoisotopic (exact) mass is 499 g/mol. The summed E-state index contributed by atoms with van der Waals surface area (Å²) in [7, 11) is 3.40. The molecule has 0 aromatic heterocycles. The highest BCUT2D eigenvalue weighted by molar-refractivity contribution is 5.99. The van der Waals surface area contributed by atoms with Crippen LogP contribution in [0, 0.1) is 11.7 Å². The van der Waals surface area contributed by atoms with Crippen molar-refractivity contribution in [1.29, 1.82) is 0 Å². The number of fused-ring (bicyclic) bond motifs is 1. The maximum atomic E-state index is 13.8. The highest BCUT2D eigenvalue weighted by Crippen LogP contribution is 2.27. The minimum atomic E-state index is -0.260. The lowest BCUT2D eigenvalue weighted by Crippen LogP contribution is -2.46. The standard InChI is InChI=1S/C28H38FN3O4/c1-6-8-27(33)30-23-11-12-25-24(14-23)28(34)31(4)17-26(35-5)19(2)15-32(20(3)18-36-25)16-21-9-7-10-22(29)13-21/h7,9-14,19-20,26H,6,8,15-18H2,1-5H3,(H,30,33)/t19-,20-,26-/m1/s1. The molecule has 1 aliphatic rings. The zero-order valence-electron chi connectivity index (χ0n) is 21.9. The van der Waals surface area contributed by atoms with Gasteiger partial charge in [-0.1, -0.05) is 26.0 Å². The topological polar surface area (TPSA) is 71.1 Å². The van der Waals surface area contributed by atoms with Crippen LogP contribution in [0.25, 0.3) is 0 Å². The fourth-order valence-corrected chi connectivity index (χ4v) is 4.47. The third-order valence-corrected chi connectivity index (χ3v) is 6.61. The van der Waals surface area contributed by atoms with E-state index < -0.39 is 0 Å². The van der Waals surface area contributed by atoms with Crippen molar-refractivity contribution in [2.75, 3.05) is 39.2 Å². The summed E-state index contributed by atoms with van der Waals surface area (Å²) in [4.78, 5) is 29.4. The largest absolute Gasteiger partial charge is 0.491 e. The van der Waals surface area contributed by atoms with Crippen LogP contribution < -0.4 is 10.1 Å². The quantitative estimate of drug-likeness (QED) is 0.631. The number of amides is 2. The zero-order valence-corrected chi connectivity index (χ0v) is 21.9. The molecule has 0 aliphatic carbocycles. The lowest BCUT2D eigenvalue weighted by atomic mass is 10.0. The maximum absolute atomic E-state index is 13.8. The van der Waals surface area contributed by atoms with Gasteiger partial charge in [0.2, 0.25) is 5.91 Å². The van der Waals surface area contributed by atoms with Crippen LogP contribution in [0.1, 0.15) is 49.5 Å². The summed E-state index contributed by atoms with van der Waals surface area (Å²) in [6, 6.07) is 11.8. The SMILES string of the molecule is CCCC(=O)Nc1ccc2c(c1)C(=O)N(C)C[C@@H](OC)[C@H](C)CN(Cc1cccc(F)c1)[C@H](C)CO2. The second-order valence-electron chi connectivity index (χ2n) is 9.67. The molecule has 3 rings (SSSR count). The lowest BCUT2D eigenvalue weighted by Gasteiger charge is -2.36. The smallest absolute Gasteiger partial charge is 0.257 e. The molecule has 8 heteroatoms. The van der Waals surface area contributed by atoms with Crippen molar-refractivity contribution in [1.82, 2.24) is 9.80 Å². The molecule has 0 fully saturated rings. The second kappa shape index (κ2) is 12.8.